The maximum absolute atomic E-state index is 5.43. The van der Waals surface area contributed by atoms with E-state index in [1.54, 1.807) is 7.11 Å². The van der Waals surface area contributed by atoms with Crippen LogP contribution in [0.5, 0.6) is 5.88 Å². The van der Waals surface area contributed by atoms with Gasteiger partial charge < -0.3 is 9.72 Å². The van der Waals surface area contributed by atoms with Crippen molar-refractivity contribution in [1.82, 2.24) is 14.5 Å². The van der Waals surface area contributed by atoms with E-state index in [1.165, 1.54) is 19.3 Å². The van der Waals surface area contributed by atoms with Crippen molar-refractivity contribution in [3.63, 3.8) is 0 Å². The zero-order valence-corrected chi connectivity index (χ0v) is 11.5. The van der Waals surface area contributed by atoms with Crippen LogP contribution in [0.25, 0.3) is 11.2 Å². The fourth-order valence-electron chi connectivity index (χ4n) is 2.85. The van der Waals surface area contributed by atoms with Gasteiger partial charge in [0, 0.05) is 12.1 Å². The Morgan fingerprint density at radius 3 is 2.94 bits per heavy atom. The van der Waals surface area contributed by atoms with Crippen LogP contribution >= 0.6 is 12.2 Å². The summed E-state index contributed by atoms with van der Waals surface area (Å²) in [4.78, 5) is 7.76. The second kappa shape index (κ2) is 4.39. The van der Waals surface area contributed by atoms with Crippen LogP contribution in [0.15, 0.2) is 12.1 Å². The van der Waals surface area contributed by atoms with Gasteiger partial charge in [0.15, 0.2) is 10.4 Å². The Bertz CT molecular complexity index is 631. The van der Waals surface area contributed by atoms with Gasteiger partial charge in [0.25, 0.3) is 0 Å². The van der Waals surface area contributed by atoms with E-state index in [9.17, 15) is 0 Å². The number of rotatable bonds is 2. The number of imidazole rings is 1. The number of nitrogens with one attached hydrogen (secondary N) is 1. The topological polar surface area (TPSA) is 42.8 Å². The van der Waals surface area contributed by atoms with E-state index >= 15 is 0 Å². The average Bonchev–Trinajstić information content (AvgIpc) is 2.90. The molecule has 1 aliphatic rings. The van der Waals surface area contributed by atoms with Crippen molar-refractivity contribution < 1.29 is 4.74 Å². The summed E-state index contributed by atoms with van der Waals surface area (Å²) in [6.07, 6.45) is 3.63. The Morgan fingerprint density at radius 1 is 1.44 bits per heavy atom. The third kappa shape index (κ3) is 1.82. The normalized spacial score (nSPS) is 23.7. The fraction of sp³-hybridized carbons (Fsp3) is 0.538. The summed E-state index contributed by atoms with van der Waals surface area (Å²) >= 11 is 5.43. The molecule has 0 amide bonds. The van der Waals surface area contributed by atoms with Gasteiger partial charge in [-0.25, -0.2) is 0 Å². The summed E-state index contributed by atoms with van der Waals surface area (Å²) in [5.74, 6) is 1.41. The predicted molar refractivity (Wildman–Crippen MR) is 73.5 cm³/mol. The summed E-state index contributed by atoms with van der Waals surface area (Å²) in [5, 5.41) is 0. The van der Waals surface area contributed by atoms with Crippen molar-refractivity contribution in [2.24, 2.45) is 5.92 Å². The monoisotopic (exact) mass is 263 g/mol. The molecule has 1 fully saturated rings. The van der Waals surface area contributed by atoms with Crippen LogP contribution in [-0.2, 0) is 0 Å². The third-order valence-corrected chi connectivity index (χ3v) is 4.08. The molecule has 5 heteroatoms. The van der Waals surface area contributed by atoms with Crippen molar-refractivity contribution in [2.75, 3.05) is 7.11 Å². The van der Waals surface area contributed by atoms with E-state index < -0.39 is 0 Å². The van der Waals surface area contributed by atoms with Gasteiger partial charge in [0.2, 0.25) is 5.88 Å². The summed E-state index contributed by atoms with van der Waals surface area (Å²) in [7, 11) is 1.64. The van der Waals surface area contributed by atoms with E-state index in [2.05, 4.69) is 21.5 Å². The van der Waals surface area contributed by atoms with Crippen LogP contribution in [0.1, 0.15) is 32.2 Å². The molecule has 0 spiro atoms. The van der Waals surface area contributed by atoms with Crippen molar-refractivity contribution >= 4 is 23.4 Å². The molecular formula is C13H17N3OS. The highest BCUT2D eigenvalue weighted by Crippen LogP contribution is 2.36. The zero-order valence-electron chi connectivity index (χ0n) is 10.6. The maximum atomic E-state index is 5.43. The quantitative estimate of drug-likeness (QED) is 0.844. The molecule has 2 atom stereocenters. The first-order valence-electron chi connectivity index (χ1n) is 6.34. The smallest absolute Gasteiger partial charge is 0.215 e. The van der Waals surface area contributed by atoms with Gasteiger partial charge in [-0.15, -0.1) is 0 Å². The number of nitrogens with zero attached hydrogens (tertiary/aromatic N) is 2. The number of aromatic amines is 1. The van der Waals surface area contributed by atoms with Crippen molar-refractivity contribution in [3.8, 4) is 5.88 Å². The summed E-state index contributed by atoms with van der Waals surface area (Å²) in [6.45, 7) is 2.30. The maximum Gasteiger partial charge on any atom is 0.215 e. The van der Waals surface area contributed by atoms with Crippen LogP contribution in [0.4, 0.5) is 0 Å². The van der Waals surface area contributed by atoms with Gasteiger partial charge >= 0.3 is 0 Å². The molecule has 0 radical (unpaired) electrons. The van der Waals surface area contributed by atoms with Crippen LogP contribution < -0.4 is 4.74 Å². The second-order valence-electron chi connectivity index (χ2n) is 5.10. The summed E-state index contributed by atoms with van der Waals surface area (Å²) in [6, 6.07) is 4.31. The van der Waals surface area contributed by atoms with Gasteiger partial charge in [0.1, 0.15) is 0 Å². The fourth-order valence-corrected chi connectivity index (χ4v) is 3.19. The molecule has 18 heavy (non-hydrogen) atoms. The minimum absolute atomic E-state index is 0.473. The molecule has 0 aromatic carbocycles. The van der Waals surface area contributed by atoms with E-state index in [0.29, 0.717) is 11.9 Å². The number of hydrogen-bond donors (Lipinski definition) is 1. The van der Waals surface area contributed by atoms with Gasteiger partial charge in [-0.05, 0) is 43.5 Å². The van der Waals surface area contributed by atoms with E-state index in [1.807, 2.05) is 12.1 Å². The van der Waals surface area contributed by atoms with E-state index in [0.717, 1.165) is 21.9 Å². The molecule has 2 heterocycles. The Labute approximate surface area is 111 Å². The van der Waals surface area contributed by atoms with E-state index in [4.69, 9.17) is 17.0 Å². The molecule has 0 aliphatic heterocycles. The first kappa shape index (κ1) is 11.7. The number of pyridine rings is 1. The van der Waals surface area contributed by atoms with Gasteiger partial charge in [0.05, 0.1) is 12.6 Å². The highest BCUT2D eigenvalue weighted by molar-refractivity contribution is 7.71. The minimum atomic E-state index is 0.473. The molecule has 4 nitrogen and oxygen atoms in total. The number of methoxy groups -OCH3 is 1. The lowest BCUT2D eigenvalue weighted by Gasteiger charge is -2.12. The second-order valence-corrected chi connectivity index (χ2v) is 5.48. The molecule has 1 N–H and O–H groups in total. The van der Waals surface area contributed by atoms with Crippen molar-refractivity contribution in [1.29, 1.82) is 0 Å². The first-order valence-corrected chi connectivity index (χ1v) is 6.75. The first-order chi connectivity index (χ1) is 8.69. The van der Waals surface area contributed by atoms with Crippen molar-refractivity contribution in [2.45, 2.75) is 32.2 Å². The Hall–Kier alpha value is -1.36. The van der Waals surface area contributed by atoms with Gasteiger partial charge in [-0.1, -0.05) is 6.92 Å². The lowest BCUT2D eigenvalue weighted by Crippen LogP contribution is -2.06. The van der Waals surface area contributed by atoms with Gasteiger partial charge in [-0.2, -0.15) is 4.98 Å². The highest BCUT2D eigenvalue weighted by Gasteiger charge is 2.25. The number of hydrogen-bond acceptors (Lipinski definition) is 3. The van der Waals surface area contributed by atoms with E-state index in [-0.39, 0.29) is 0 Å². The highest BCUT2D eigenvalue weighted by atomic mass is 32.1. The Kier molecular flexibility index (Phi) is 2.86. The van der Waals surface area contributed by atoms with Crippen LogP contribution in [0.2, 0.25) is 0 Å². The third-order valence-electron chi connectivity index (χ3n) is 3.78. The van der Waals surface area contributed by atoms with Crippen molar-refractivity contribution in [3.05, 3.63) is 16.9 Å². The zero-order chi connectivity index (χ0) is 12.7. The number of fused-ring (bicyclic) bond motifs is 1. The SMILES string of the molecule is COc1ccc2[nH]c(=S)n(C3CCC(C)C3)c2n1. The molecule has 1 saturated carbocycles. The molecule has 2 unspecified atom stereocenters. The molecule has 0 bridgehead atoms. The number of aromatic nitrogens is 3. The van der Waals surface area contributed by atoms with Gasteiger partial charge in [-0.3, -0.25) is 4.57 Å². The Balaban J connectivity index is 2.15. The lowest BCUT2D eigenvalue weighted by atomic mass is 10.1. The Morgan fingerprint density at radius 2 is 2.28 bits per heavy atom. The molecule has 0 saturated heterocycles. The summed E-state index contributed by atoms with van der Waals surface area (Å²) in [5.41, 5.74) is 1.90. The molecule has 1 aliphatic carbocycles. The average molecular weight is 263 g/mol. The lowest BCUT2D eigenvalue weighted by molar-refractivity contribution is 0.398. The largest absolute Gasteiger partial charge is 0.481 e. The minimum Gasteiger partial charge on any atom is -0.481 e. The standard InChI is InChI=1S/C13H17N3OS/c1-8-3-4-9(7-8)16-12-10(14-13(16)18)5-6-11(15-12)17-2/h5-6,8-9H,3-4,7H2,1-2H3,(H,14,18). The van der Waals surface area contributed by atoms with Crippen LogP contribution in [-0.4, -0.2) is 21.6 Å². The number of ether oxygens (including phenoxy) is 1. The molecule has 3 rings (SSSR count). The number of H-pyrrole nitrogens is 1. The molecule has 2 aromatic rings. The molecule has 96 valence electrons. The molecular weight excluding hydrogens is 246 g/mol. The summed E-state index contributed by atoms with van der Waals surface area (Å²) < 4.78 is 8.13. The molecule has 2 aromatic heterocycles. The predicted octanol–water partition coefficient (Wildman–Crippen LogP) is 3.46. The van der Waals surface area contributed by atoms with Crippen LogP contribution in [0, 0.1) is 10.7 Å². The van der Waals surface area contributed by atoms with Crippen LogP contribution in [0.3, 0.4) is 0 Å².